The predicted molar refractivity (Wildman–Crippen MR) is 125 cm³/mol. The first kappa shape index (κ1) is 21.0. The highest BCUT2D eigenvalue weighted by molar-refractivity contribution is 7.13. The molecule has 2 aromatic rings. The van der Waals surface area contributed by atoms with E-state index in [0.29, 0.717) is 12.8 Å². The number of fused-ring (bicyclic) bond motifs is 1. The van der Waals surface area contributed by atoms with Gasteiger partial charge in [0.25, 0.3) is 0 Å². The monoisotopic (exact) mass is 440 g/mol. The molecule has 3 aliphatic rings. The molecule has 6 nitrogen and oxygen atoms in total. The second kappa shape index (κ2) is 8.96. The van der Waals surface area contributed by atoms with E-state index in [2.05, 4.69) is 39.0 Å². The summed E-state index contributed by atoms with van der Waals surface area (Å²) in [6, 6.07) is 8.51. The van der Waals surface area contributed by atoms with Crippen LogP contribution >= 0.6 is 11.5 Å². The summed E-state index contributed by atoms with van der Waals surface area (Å²) in [6.45, 7) is 8.33. The van der Waals surface area contributed by atoms with Crippen molar-refractivity contribution in [2.45, 2.75) is 38.5 Å². The largest absolute Gasteiger partial charge is 0.353 e. The topological polar surface area (TPSA) is 56.8 Å². The minimum absolute atomic E-state index is 0.210. The molecule has 2 saturated heterocycles. The summed E-state index contributed by atoms with van der Waals surface area (Å²) in [4.78, 5) is 31.9. The molecule has 0 atom stereocenters. The van der Waals surface area contributed by atoms with Crippen LogP contribution in [0, 0.1) is 5.41 Å². The number of likely N-dealkylation sites (tertiary alicyclic amines) is 1. The number of Topliss-reactive ketones (excluding diaryl/α,β-unsaturated/α-hetero) is 2. The summed E-state index contributed by atoms with van der Waals surface area (Å²) >= 11 is 1.60. The lowest BCUT2D eigenvalue weighted by Gasteiger charge is -2.37. The van der Waals surface area contributed by atoms with Crippen molar-refractivity contribution in [2.75, 3.05) is 57.3 Å². The molecule has 1 saturated carbocycles. The number of unbranched alkanes of at least 4 members (excludes halogenated alkanes) is 1. The van der Waals surface area contributed by atoms with Crippen LogP contribution in [-0.4, -0.2) is 78.1 Å². The highest BCUT2D eigenvalue weighted by Crippen LogP contribution is 2.40. The molecule has 1 spiro atoms. The first-order valence-corrected chi connectivity index (χ1v) is 12.5. The average molecular weight is 441 g/mol. The number of ketones is 2. The maximum absolute atomic E-state index is 12.2. The molecule has 0 amide bonds. The summed E-state index contributed by atoms with van der Waals surface area (Å²) in [5.74, 6) is 1.58. The molecular weight excluding hydrogens is 408 g/mol. The van der Waals surface area contributed by atoms with Crippen LogP contribution in [0.25, 0.3) is 10.1 Å². The van der Waals surface area contributed by atoms with Crippen LogP contribution in [0.4, 0.5) is 5.82 Å². The van der Waals surface area contributed by atoms with E-state index < -0.39 is 5.41 Å². The average Bonchev–Trinajstić information content (AvgIpc) is 3.35. The van der Waals surface area contributed by atoms with Gasteiger partial charge in [-0.3, -0.25) is 14.5 Å². The number of anilines is 1. The van der Waals surface area contributed by atoms with Crippen molar-refractivity contribution >= 4 is 39.0 Å². The Kier molecular flexibility index (Phi) is 6.08. The van der Waals surface area contributed by atoms with Crippen LogP contribution in [0.3, 0.4) is 0 Å². The van der Waals surface area contributed by atoms with Crippen molar-refractivity contribution in [1.82, 2.24) is 14.2 Å². The molecule has 2 aliphatic heterocycles. The van der Waals surface area contributed by atoms with Gasteiger partial charge in [0, 0.05) is 44.4 Å². The predicted octanol–water partition coefficient (Wildman–Crippen LogP) is 3.21. The maximum atomic E-state index is 12.2. The number of carbonyl (C=O) groups excluding carboxylic acids is 2. The van der Waals surface area contributed by atoms with Crippen molar-refractivity contribution in [1.29, 1.82) is 0 Å². The van der Waals surface area contributed by atoms with E-state index in [0.717, 1.165) is 71.0 Å². The van der Waals surface area contributed by atoms with Crippen LogP contribution in [0.2, 0.25) is 0 Å². The van der Waals surface area contributed by atoms with Gasteiger partial charge in [0.2, 0.25) is 0 Å². The fourth-order valence-corrected chi connectivity index (χ4v) is 6.33. The first-order valence-electron chi connectivity index (χ1n) is 11.8. The van der Waals surface area contributed by atoms with E-state index in [9.17, 15) is 9.59 Å². The molecule has 0 N–H and O–H groups in total. The molecule has 0 radical (unpaired) electrons. The Morgan fingerprint density at radius 2 is 1.45 bits per heavy atom. The van der Waals surface area contributed by atoms with Crippen molar-refractivity contribution in [2.24, 2.45) is 5.41 Å². The zero-order valence-corrected chi connectivity index (χ0v) is 19.0. The molecule has 1 aromatic heterocycles. The van der Waals surface area contributed by atoms with Crippen molar-refractivity contribution < 1.29 is 9.59 Å². The molecule has 0 bridgehead atoms. The van der Waals surface area contributed by atoms with E-state index >= 15 is 0 Å². The molecule has 7 heteroatoms. The van der Waals surface area contributed by atoms with Crippen LogP contribution in [0.1, 0.15) is 38.5 Å². The van der Waals surface area contributed by atoms with Gasteiger partial charge in [-0.1, -0.05) is 12.1 Å². The number of hydrogen-bond acceptors (Lipinski definition) is 7. The number of carbonyl (C=O) groups is 2. The van der Waals surface area contributed by atoms with Crippen LogP contribution in [-0.2, 0) is 9.59 Å². The standard InChI is InChI=1S/C24H32N4O2S/c29-21-7-8-22(30)24(21)9-13-26(14-10-24)11-3-4-12-27-15-17-28(18-16-27)23-19-5-1-2-6-20(19)31-25-23/h1-2,5-6H,3-4,7-18H2. The van der Waals surface area contributed by atoms with Gasteiger partial charge < -0.3 is 9.80 Å². The minimum atomic E-state index is -0.598. The van der Waals surface area contributed by atoms with E-state index in [1.54, 1.807) is 11.5 Å². The normalized spacial score (nSPS) is 22.8. The van der Waals surface area contributed by atoms with E-state index in [1.165, 1.54) is 22.9 Å². The van der Waals surface area contributed by atoms with Crippen molar-refractivity contribution in [3.05, 3.63) is 24.3 Å². The summed E-state index contributed by atoms with van der Waals surface area (Å²) in [5, 5.41) is 1.28. The van der Waals surface area contributed by atoms with Crippen LogP contribution < -0.4 is 4.90 Å². The molecule has 31 heavy (non-hydrogen) atoms. The fraction of sp³-hybridized carbons (Fsp3) is 0.625. The number of benzene rings is 1. The summed E-state index contributed by atoms with van der Waals surface area (Å²) < 4.78 is 5.98. The first-order chi connectivity index (χ1) is 15.2. The smallest absolute Gasteiger partial charge is 0.150 e. The molecule has 5 rings (SSSR count). The number of hydrogen-bond donors (Lipinski definition) is 0. The molecular formula is C24H32N4O2S. The van der Waals surface area contributed by atoms with Gasteiger partial charge in [-0.05, 0) is 75.5 Å². The van der Waals surface area contributed by atoms with Crippen molar-refractivity contribution in [3.8, 4) is 0 Å². The van der Waals surface area contributed by atoms with Gasteiger partial charge in [-0.25, -0.2) is 0 Å². The summed E-state index contributed by atoms with van der Waals surface area (Å²) in [7, 11) is 0. The van der Waals surface area contributed by atoms with Gasteiger partial charge in [-0.15, -0.1) is 0 Å². The van der Waals surface area contributed by atoms with Gasteiger partial charge >= 0.3 is 0 Å². The lowest BCUT2D eigenvalue weighted by Crippen LogP contribution is -2.47. The fourth-order valence-electron chi connectivity index (χ4n) is 5.53. The van der Waals surface area contributed by atoms with Gasteiger partial charge in [0.05, 0.1) is 10.1 Å². The lowest BCUT2D eigenvalue weighted by atomic mass is 9.75. The number of piperidine rings is 1. The Morgan fingerprint density at radius 3 is 2.13 bits per heavy atom. The zero-order valence-electron chi connectivity index (χ0n) is 18.2. The minimum Gasteiger partial charge on any atom is -0.353 e. The van der Waals surface area contributed by atoms with Gasteiger partial charge in [-0.2, -0.15) is 4.37 Å². The molecule has 1 aromatic carbocycles. The van der Waals surface area contributed by atoms with E-state index in [-0.39, 0.29) is 11.6 Å². The van der Waals surface area contributed by atoms with Crippen LogP contribution in [0.5, 0.6) is 0 Å². The lowest BCUT2D eigenvalue weighted by molar-refractivity contribution is -0.138. The van der Waals surface area contributed by atoms with Crippen molar-refractivity contribution in [3.63, 3.8) is 0 Å². The number of aromatic nitrogens is 1. The Bertz CT molecular complexity index is 924. The number of rotatable bonds is 6. The quantitative estimate of drug-likeness (QED) is 0.508. The zero-order chi connectivity index (χ0) is 21.3. The second-order valence-corrected chi connectivity index (χ2v) is 10.1. The molecule has 3 fully saturated rings. The van der Waals surface area contributed by atoms with Gasteiger partial charge in [0.15, 0.2) is 0 Å². The summed E-state index contributed by atoms with van der Waals surface area (Å²) in [5.41, 5.74) is -0.598. The molecule has 1 aliphatic carbocycles. The maximum Gasteiger partial charge on any atom is 0.150 e. The molecule has 166 valence electrons. The third-order valence-electron chi connectivity index (χ3n) is 7.59. The third kappa shape index (κ3) is 4.15. The van der Waals surface area contributed by atoms with E-state index in [4.69, 9.17) is 4.37 Å². The summed E-state index contributed by atoms with van der Waals surface area (Å²) in [6.07, 6.45) is 4.84. The number of nitrogens with zero attached hydrogens (tertiary/aromatic N) is 4. The SMILES string of the molecule is O=C1CCC(=O)C12CCN(CCCCN1CCN(c3nsc4ccccc34)CC1)CC2. The second-order valence-electron chi connectivity index (χ2n) is 9.31. The van der Waals surface area contributed by atoms with Crippen LogP contribution in [0.15, 0.2) is 24.3 Å². The third-order valence-corrected chi connectivity index (χ3v) is 8.40. The Hall–Kier alpha value is -1.83. The Morgan fingerprint density at radius 1 is 0.839 bits per heavy atom. The molecule has 3 heterocycles. The highest BCUT2D eigenvalue weighted by Gasteiger charge is 2.50. The van der Waals surface area contributed by atoms with Gasteiger partial charge in [0.1, 0.15) is 17.4 Å². The Balaban J connectivity index is 1.01. The molecule has 0 unspecified atom stereocenters. The van der Waals surface area contributed by atoms with E-state index in [1.807, 2.05) is 0 Å². The highest BCUT2D eigenvalue weighted by atomic mass is 32.1. The number of piperazine rings is 1. The Labute approximate surface area is 188 Å².